The summed E-state index contributed by atoms with van der Waals surface area (Å²) in [4.78, 5) is 17.7. The molecule has 2 atom stereocenters. The molecule has 1 amide bonds. The topological polar surface area (TPSA) is 56.7 Å². The Morgan fingerprint density at radius 3 is 2.68 bits per heavy atom. The van der Waals surface area contributed by atoms with Crippen LogP contribution in [0.2, 0.25) is 0 Å². The minimum absolute atomic E-state index is 0.0520. The van der Waals surface area contributed by atoms with Crippen LogP contribution >= 0.6 is 0 Å². The molecule has 8 heteroatoms. The molecular formula is C20H29F3N4O. The fourth-order valence-electron chi connectivity index (χ4n) is 3.45. The monoisotopic (exact) mass is 398 g/mol. The second-order valence-electron chi connectivity index (χ2n) is 7.40. The van der Waals surface area contributed by atoms with Crippen molar-refractivity contribution >= 4 is 11.9 Å². The van der Waals surface area contributed by atoms with Crippen LogP contribution in [0.5, 0.6) is 0 Å². The molecule has 0 aromatic heterocycles. The molecule has 1 aliphatic carbocycles. The number of nitrogens with zero attached hydrogens (tertiary/aromatic N) is 2. The number of guanidine groups is 1. The van der Waals surface area contributed by atoms with E-state index in [1.165, 1.54) is 4.90 Å². The van der Waals surface area contributed by atoms with Crippen molar-refractivity contribution in [2.45, 2.75) is 44.3 Å². The first-order chi connectivity index (χ1) is 13.2. The minimum atomic E-state index is -4.13. The molecule has 28 heavy (non-hydrogen) atoms. The average molecular weight is 398 g/mol. The van der Waals surface area contributed by atoms with E-state index in [9.17, 15) is 18.0 Å². The van der Waals surface area contributed by atoms with Crippen LogP contribution in [0.4, 0.5) is 13.2 Å². The van der Waals surface area contributed by atoms with Crippen molar-refractivity contribution in [2.24, 2.45) is 10.9 Å². The number of amides is 1. The van der Waals surface area contributed by atoms with Gasteiger partial charge in [0.1, 0.15) is 0 Å². The van der Waals surface area contributed by atoms with Gasteiger partial charge in [-0.3, -0.25) is 9.79 Å². The second kappa shape index (κ2) is 9.80. The highest BCUT2D eigenvalue weighted by Gasteiger charge is 2.42. The lowest BCUT2D eigenvalue weighted by Gasteiger charge is -2.31. The molecule has 2 N–H and O–H groups in total. The summed E-state index contributed by atoms with van der Waals surface area (Å²) >= 11 is 0. The van der Waals surface area contributed by atoms with Crippen molar-refractivity contribution in [1.29, 1.82) is 0 Å². The highest BCUT2D eigenvalue weighted by molar-refractivity contribution is 5.94. The molecule has 1 saturated carbocycles. The lowest BCUT2D eigenvalue weighted by molar-refractivity contribution is -0.183. The van der Waals surface area contributed by atoms with E-state index in [2.05, 4.69) is 15.6 Å². The number of halogens is 3. The van der Waals surface area contributed by atoms with Gasteiger partial charge in [0.05, 0.1) is 5.92 Å². The molecule has 0 spiro atoms. The highest BCUT2D eigenvalue weighted by atomic mass is 19.4. The summed E-state index contributed by atoms with van der Waals surface area (Å²) in [5.41, 5.74) is 1.64. The maximum atomic E-state index is 13.0. The highest BCUT2D eigenvalue weighted by Crippen LogP contribution is 2.37. The fourth-order valence-corrected chi connectivity index (χ4v) is 3.45. The molecule has 1 aromatic rings. The number of carbonyl (C=O) groups is 1. The van der Waals surface area contributed by atoms with Crippen molar-refractivity contribution in [2.75, 3.05) is 27.7 Å². The number of carbonyl (C=O) groups excluding carboxylic acids is 1. The molecule has 1 aromatic carbocycles. The van der Waals surface area contributed by atoms with E-state index < -0.39 is 12.1 Å². The van der Waals surface area contributed by atoms with Gasteiger partial charge in [0.25, 0.3) is 5.91 Å². The van der Waals surface area contributed by atoms with Gasteiger partial charge in [-0.05, 0) is 43.4 Å². The maximum Gasteiger partial charge on any atom is 0.391 e. The largest absolute Gasteiger partial charge is 0.391 e. The number of aliphatic imine (C=N–C) groups is 1. The Morgan fingerprint density at radius 1 is 1.29 bits per heavy atom. The van der Waals surface area contributed by atoms with Crippen LogP contribution in [0.3, 0.4) is 0 Å². The number of alkyl halides is 3. The van der Waals surface area contributed by atoms with Crippen LogP contribution in [-0.2, 0) is 6.42 Å². The summed E-state index contributed by atoms with van der Waals surface area (Å²) in [5, 5.41) is 6.27. The average Bonchev–Trinajstić information content (AvgIpc) is 2.66. The minimum Gasteiger partial charge on any atom is -0.356 e. The number of hydrogen-bond acceptors (Lipinski definition) is 2. The summed E-state index contributed by atoms with van der Waals surface area (Å²) in [6.07, 6.45) is -1.90. The number of benzene rings is 1. The normalized spacial score (nSPS) is 20.6. The van der Waals surface area contributed by atoms with E-state index in [-0.39, 0.29) is 24.8 Å². The second-order valence-corrected chi connectivity index (χ2v) is 7.40. The van der Waals surface area contributed by atoms with Gasteiger partial charge in [-0.25, -0.2) is 0 Å². The zero-order valence-corrected chi connectivity index (χ0v) is 16.6. The molecule has 156 valence electrons. The van der Waals surface area contributed by atoms with Crippen molar-refractivity contribution in [3.8, 4) is 0 Å². The van der Waals surface area contributed by atoms with Gasteiger partial charge in [0.2, 0.25) is 0 Å². The van der Waals surface area contributed by atoms with Gasteiger partial charge in [0.15, 0.2) is 5.96 Å². The molecule has 0 bridgehead atoms. The Morgan fingerprint density at radius 2 is 2.04 bits per heavy atom. The zero-order chi connectivity index (χ0) is 20.7. The van der Waals surface area contributed by atoms with E-state index in [4.69, 9.17) is 0 Å². The number of nitrogens with one attached hydrogen (secondary N) is 2. The molecule has 1 aliphatic rings. The van der Waals surface area contributed by atoms with Gasteiger partial charge in [-0.2, -0.15) is 13.2 Å². The Labute approximate surface area is 164 Å². The first-order valence-corrected chi connectivity index (χ1v) is 9.55. The summed E-state index contributed by atoms with van der Waals surface area (Å²) in [5.74, 6) is -0.786. The number of hydrogen-bond donors (Lipinski definition) is 2. The van der Waals surface area contributed by atoms with Crippen molar-refractivity contribution in [3.05, 3.63) is 35.4 Å². The summed E-state index contributed by atoms with van der Waals surface area (Å²) < 4.78 is 38.9. The van der Waals surface area contributed by atoms with Crippen LogP contribution < -0.4 is 10.6 Å². The predicted molar refractivity (Wildman–Crippen MR) is 104 cm³/mol. The lowest BCUT2D eigenvalue weighted by atomic mass is 9.85. The van der Waals surface area contributed by atoms with Crippen LogP contribution in [0.1, 0.15) is 41.6 Å². The third-order valence-electron chi connectivity index (χ3n) is 4.99. The van der Waals surface area contributed by atoms with Crippen LogP contribution in [-0.4, -0.2) is 56.7 Å². The van der Waals surface area contributed by atoms with Crippen LogP contribution in [0.15, 0.2) is 29.3 Å². The van der Waals surface area contributed by atoms with E-state index in [0.717, 1.165) is 5.56 Å². The smallest absolute Gasteiger partial charge is 0.356 e. The third-order valence-corrected chi connectivity index (χ3v) is 4.99. The zero-order valence-electron chi connectivity index (χ0n) is 16.6. The molecule has 2 unspecified atom stereocenters. The predicted octanol–water partition coefficient (Wildman–Crippen LogP) is 3.22. The maximum absolute atomic E-state index is 13.0. The van der Waals surface area contributed by atoms with Gasteiger partial charge in [0, 0.05) is 39.3 Å². The summed E-state index contributed by atoms with van der Waals surface area (Å²) in [6.45, 7) is 0.564. The molecular weight excluding hydrogens is 369 g/mol. The Kier molecular flexibility index (Phi) is 7.71. The van der Waals surface area contributed by atoms with E-state index in [1.807, 2.05) is 18.2 Å². The van der Waals surface area contributed by atoms with Crippen molar-refractivity contribution in [3.63, 3.8) is 0 Å². The number of rotatable bonds is 5. The first-order valence-electron chi connectivity index (χ1n) is 9.55. The molecule has 2 rings (SSSR count). The van der Waals surface area contributed by atoms with Crippen molar-refractivity contribution in [1.82, 2.24) is 15.5 Å². The molecule has 5 nitrogen and oxygen atoms in total. The molecule has 0 aliphatic heterocycles. The summed E-state index contributed by atoms with van der Waals surface area (Å²) in [7, 11) is 5.03. The van der Waals surface area contributed by atoms with Gasteiger partial charge in [-0.1, -0.05) is 18.6 Å². The Hall–Kier alpha value is -2.25. The summed E-state index contributed by atoms with van der Waals surface area (Å²) in [6, 6.07) is 7.19. The Bertz CT molecular complexity index is 688. The van der Waals surface area contributed by atoms with E-state index in [0.29, 0.717) is 37.3 Å². The molecule has 0 saturated heterocycles. The molecule has 1 fully saturated rings. The van der Waals surface area contributed by atoms with E-state index >= 15 is 0 Å². The first kappa shape index (κ1) is 22.0. The standard InChI is InChI=1S/C20H29F3N4O/c1-24-19(26-17-9-5-8-16(13-17)20(21,22)23)25-11-10-14-6-4-7-15(12-14)18(28)27(2)3/h4,6-7,12,16-17H,5,8-11,13H2,1-3H3,(H2,24,25,26). The van der Waals surface area contributed by atoms with Gasteiger partial charge < -0.3 is 15.5 Å². The van der Waals surface area contributed by atoms with Crippen LogP contribution in [0, 0.1) is 5.92 Å². The van der Waals surface area contributed by atoms with Crippen molar-refractivity contribution < 1.29 is 18.0 Å². The lowest BCUT2D eigenvalue weighted by Crippen LogP contribution is -2.47. The third kappa shape index (κ3) is 6.42. The fraction of sp³-hybridized carbons (Fsp3) is 0.600. The SMILES string of the molecule is CN=C(NCCc1cccc(C(=O)N(C)C)c1)NC1CCCC(C(F)(F)F)C1. The van der Waals surface area contributed by atoms with Crippen LogP contribution in [0.25, 0.3) is 0 Å². The van der Waals surface area contributed by atoms with Gasteiger partial charge in [-0.15, -0.1) is 0 Å². The Balaban J connectivity index is 1.85. The molecule has 0 radical (unpaired) electrons. The molecule has 0 heterocycles. The quantitative estimate of drug-likeness (QED) is 0.592. The van der Waals surface area contributed by atoms with Gasteiger partial charge >= 0.3 is 6.18 Å². The van der Waals surface area contributed by atoms with E-state index in [1.54, 1.807) is 27.2 Å².